The van der Waals surface area contributed by atoms with Crippen LogP contribution in [0.25, 0.3) is 0 Å². The van der Waals surface area contributed by atoms with Gasteiger partial charge in [0.2, 0.25) is 5.89 Å². The normalized spacial score (nSPS) is 21.8. The number of rotatable bonds is 4. The predicted molar refractivity (Wildman–Crippen MR) is 57.7 cm³/mol. The van der Waals surface area contributed by atoms with E-state index < -0.39 is 0 Å². The molecule has 0 aliphatic carbocycles. The van der Waals surface area contributed by atoms with E-state index in [1.165, 1.54) is 0 Å². The van der Waals surface area contributed by atoms with Crippen LogP contribution in [0.4, 0.5) is 0 Å². The second-order valence-electron chi connectivity index (χ2n) is 3.27. The maximum atomic E-state index is 5.33. The highest BCUT2D eigenvalue weighted by molar-refractivity contribution is 7.98. The highest BCUT2D eigenvalue weighted by Crippen LogP contribution is 2.15. The van der Waals surface area contributed by atoms with Crippen molar-refractivity contribution < 1.29 is 9.26 Å². The first-order valence-corrected chi connectivity index (χ1v) is 6.27. The van der Waals surface area contributed by atoms with Gasteiger partial charge in [0.1, 0.15) is 6.04 Å². The van der Waals surface area contributed by atoms with Crippen molar-refractivity contribution in [3.63, 3.8) is 0 Å². The highest BCUT2D eigenvalue weighted by Gasteiger charge is 2.21. The lowest BCUT2D eigenvalue weighted by atomic mass is 10.3. The lowest BCUT2D eigenvalue weighted by Gasteiger charge is -2.20. The molecule has 6 heteroatoms. The van der Waals surface area contributed by atoms with Gasteiger partial charge in [-0.25, -0.2) is 0 Å². The van der Waals surface area contributed by atoms with E-state index in [1.54, 1.807) is 11.8 Å². The molecule has 84 valence electrons. The summed E-state index contributed by atoms with van der Waals surface area (Å²) in [5.41, 5.74) is 0. The van der Waals surface area contributed by atoms with Crippen LogP contribution in [0, 0.1) is 0 Å². The molecular formula is C9H15N3O2S. The minimum absolute atomic E-state index is 0.0617. The smallest absolute Gasteiger partial charge is 0.246 e. The lowest BCUT2D eigenvalue weighted by Crippen LogP contribution is -2.34. The largest absolute Gasteiger partial charge is 0.378 e. The Morgan fingerprint density at radius 3 is 3.27 bits per heavy atom. The van der Waals surface area contributed by atoms with Gasteiger partial charge >= 0.3 is 0 Å². The van der Waals surface area contributed by atoms with Crippen LogP contribution in [-0.4, -0.2) is 35.7 Å². The monoisotopic (exact) mass is 229 g/mol. The van der Waals surface area contributed by atoms with E-state index in [2.05, 4.69) is 22.4 Å². The zero-order valence-electron chi connectivity index (χ0n) is 8.73. The minimum Gasteiger partial charge on any atom is -0.378 e. The van der Waals surface area contributed by atoms with Crippen LogP contribution in [0.1, 0.15) is 24.7 Å². The number of hydrogen-bond donors (Lipinski definition) is 1. The van der Waals surface area contributed by atoms with Crippen molar-refractivity contribution in [3.05, 3.63) is 11.7 Å². The Hall–Kier alpha value is -0.590. The fraction of sp³-hybridized carbons (Fsp3) is 0.778. The standard InChI is InChI=1S/C9H15N3O2S/c1-2-15-6-8-11-9(14-12-8)7-5-13-4-3-10-7/h7,10H,2-6H2,1H3. The molecule has 1 saturated heterocycles. The van der Waals surface area contributed by atoms with Crippen molar-refractivity contribution in [2.75, 3.05) is 25.5 Å². The molecule has 0 amide bonds. The Labute approximate surface area is 93.0 Å². The third kappa shape index (κ3) is 2.93. The van der Waals surface area contributed by atoms with Gasteiger partial charge < -0.3 is 14.6 Å². The molecule has 1 aliphatic rings. The number of ether oxygens (including phenoxy) is 1. The Kier molecular flexibility index (Phi) is 3.99. The predicted octanol–water partition coefficient (Wildman–Crippen LogP) is 0.984. The maximum Gasteiger partial charge on any atom is 0.246 e. The fourth-order valence-corrected chi connectivity index (χ4v) is 1.89. The molecule has 2 rings (SSSR count). The van der Waals surface area contributed by atoms with Crippen molar-refractivity contribution >= 4 is 11.8 Å². The quantitative estimate of drug-likeness (QED) is 0.830. The maximum absolute atomic E-state index is 5.33. The molecule has 15 heavy (non-hydrogen) atoms. The molecule has 0 aromatic carbocycles. The topological polar surface area (TPSA) is 60.2 Å². The summed E-state index contributed by atoms with van der Waals surface area (Å²) in [5, 5.41) is 7.20. The van der Waals surface area contributed by atoms with Gasteiger partial charge in [0, 0.05) is 6.54 Å². The first-order valence-electron chi connectivity index (χ1n) is 5.11. The van der Waals surface area contributed by atoms with Crippen molar-refractivity contribution in [2.45, 2.75) is 18.7 Å². The van der Waals surface area contributed by atoms with E-state index in [0.29, 0.717) is 12.5 Å². The average Bonchev–Trinajstić information content (AvgIpc) is 2.76. The molecule has 1 aliphatic heterocycles. The van der Waals surface area contributed by atoms with Crippen LogP contribution in [0.2, 0.25) is 0 Å². The Bertz CT molecular complexity index is 299. The van der Waals surface area contributed by atoms with E-state index in [1.807, 2.05) is 0 Å². The van der Waals surface area contributed by atoms with Crippen LogP contribution in [0.5, 0.6) is 0 Å². The summed E-state index contributed by atoms with van der Waals surface area (Å²) in [6.07, 6.45) is 0. The SMILES string of the molecule is CCSCc1noc(C2COCCN2)n1. The molecule has 0 bridgehead atoms. The van der Waals surface area contributed by atoms with Crippen molar-refractivity contribution in [3.8, 4) is 0 Å². The molecule has 0 radical (unpaired) electrons. The summed E-state index contributed by atoms with van der Waals surface area (Å²) in [6.45, 7) is 4.32. The molecule has 1 atom stereocenters. The van der Waals surface area contributed by atoms with Crippen LogP contribution in [0.3, 0.4) is 0 Å². The van der Waals surface area contributed by atoms with E-state index in [-0.39, 0.29) is 6.04 Å². The van der Waals surface area contributed by atoms with Gasteiger partial charge in [0.15, 0.2) is 5.82 Å². The number of aromatic nitrogens is 2. The van der Waals surface area contributed by atoms with Gasteiger partial charge in [-0.05, 0) is 5.75 Å². The zero-order chi connectivity index (χ0) is 10.5. The summed E-state index contributed by atoms with van der Waals surface area (Å²) in [4.78, 5) is 4.33. The van der Waals surface area contributed by atoms with Gasteiger partial charge in [-0.15, -0.1) is 0 Å². The van der Waals surface area contributed by atoms with Crippen LogP contribution in [0.15, 0.2) is 4.52 Å². The van der Waals surface area contributed by atoms with Crippen LogP contribution >= 0.6 is 11.8 Å². The molecule has 1 fully saturated rings. The van der Waals surface area contributed by atoms with E-state index in [9.17, 15) is 0 Å². The number of hydrogen-bond acceptors (Lipinski definition) is 6. The van der Waals surface area contributed by atoms with Gasteiger partial charge in [-0.2, -0.15) is 16.7 Å². The van der Waals surface area contributed by atoms with Gasteiger partial charge in [-0.3, -0.25) is 0 Å². The zero-order valence-corrected chi connectivity index (χ0v) is 9.55. The number of nitrogens with one attached hydrogen (secondary N) is 1. The molecule has 2 heterocycles. The molecule has 0 saturated carbocycles. The summed E-state index contributed by atoms with van der Waals surface area (Å²) in [5.74, 6) is 3.29. The number of morpholine rings is 1. The first kappa shape index (κ1) is 10.9. The van der Waals surface area contributed by atoms with E-state index in [0.717, 1.165) is 30.5 Å². The summed E-state index contributed by atoms with van der Waals surface area (Å²) in [6, 6.07) is 0.0617. The second kappa shape index (κ2) is 5.48. The molecular weight excluding hydrogens is 214 g/mol. The first-order chi connectivity index (χ1) is 7.40. The Morgan fingerprint density at radius 1 is 1.60 bits per heavy atom. The van der Waals surface area contributed by atoms with Gasteiger partial charge in [0.05, 0.1) is 19.0 Å². The van der Waals surface area contributed by atoms with Crippen molar-refractivity contribution in [1.82, 2.24) is 15.5 Å². The summed E-state index contributed by atoms with van der Waals surface area (Å²) in [7, 11) is 0. The molecule has 1 N–H and O–H groups in total. The third-order valence-corrected chi connectivity index (χ3v) is 3.01. The second-order valence-corrected chi connectivity index (χ2v) is 4.54. The summed E-state index contributed by atoms with van der Waals surface area (Å²) >= 11 is 1.78. The van der Waals surface area contributed by atoms with E-state index >= 15 is 0 Å². The number of nitrogens with zero attached hydrogens (tertiary/aromatic N) is 2. The molecule has 1 aromatic heterocycles. The molecule has 1 aromatic rings. The van der Waals surface area contributed by atoms with Crippen LogP contribution < -0.4 is 5.32 Å². The van der Waals surface area contributed by atoms with Crippen LogP contribution in [-0.2, 0) is 10.5 Å². The average molecular weight is 229 g/mol. The Morgan fingerprint density at radius 2 is 2.53 bits per heavy atom. The molecule has 0 spiro atoms. The number of thioether (sulfide) groups is 1. The fourth-order valence-electron chi connectivity index (χ4n) is 1.39. The Balaban J connectivity index is 1.93. The molecule has 5 nitrogen and oxygen atoms in total. The third-order valence-electron chi connectivity index (χ3n) is 2.14. The van der Waals surface area contributed by atoms with Gasteiger partial charge in [-0.1, -0.05) is 12.1 Å². The highest BCUT2D eigenvalue weighted by atomic mass is 32.2. The minimum atomic E-state index is 0.0617. The lowest BCUT2D eigenvalue weighted by molar-refractivity contribution is 0.0659. The van der Waals surface area contributed by atoms with Crippen molar-refractivity contribution in [1.29, 1.82) is 0 Å². The van der Waals surface area contributed by atoms with Crippen molar-refractivity contribution in [2.24, 2.45) is 0 Å². The summed E-state index contributed by atoms with van der Waals surface area (Å²) < 4.78 is 10.5. The van der Waals surface area contributed by atoms with E-state index in [4.69, 9.17) is 9.26 Å². The van der Waals surface area contributed by atoms with Gasteiger partial charge in [0.25, 0.3) is 0 Å². The molecule has 1 unspecified atom stereocenters.